The Balaban J connectivity index is 1.49. The van der Waals surface area contributed by atoms with Crippen LogP contribution >= 0.6 is 11.3 Å². The third-order valence-corrected chi connectivity index (χ3v) is 8.18. The van der Waals surface area contributed by atoms with Crippen molar-refractivity contribution in [3.63, 3.8) is 0 Å². The average Bonchev–Trinajstić information content (AvgIpc) is 3.27. The van der Waals surface area contributed by atoms with Crippen LogP contribution in [0.25, 0.3) is 11.1 Å². The van der Waals surface area contributed by atoms with E-state index in [0.29, 0.717) is 41.5 Å². The second-order valence-electron chi connectivity index (χ2n) is 6.16. The summed E-state index contributed by atoms with van der Waals surface area (Å²) in [5.41, 5.74) is 2.11. The van der Waals surface area contributed by atoms with Crippen molar-refractivity contribution >= 4 is 38.1 Å². The number of H-pyrrole nitrogens is 1. The number of thiophene rings is 1. The van der Waals surface area contributed by atoms with Gasteiger partial charge in [-0.2, -0.15) is 4.31 Å². The SMILES string of the molecule is CCc1ccc(S(=O)(=O)N2CCN(c3ccc4oc(=O)[nH]c4c3)CC2)s1. The molecule has 0 unspecified atom stereocenters. The van der Waals surface area contributed by atoms with E-state index in [2.05, 4.69) is 9.88 Å². The first kappa shape index (κ1) is 17.3. The topological polar surface area (TPSA) is 86.6 Å². The van der Waals surface area contributed by atoms with E-state index in [-0.39, 0.29) is 0 Å². The average molecular weight is 393 g/mol. The summed E-state index contributed by atoms with van der Waals surface area (Å²) in [7, 11) is -3.43. The molecule has 0 spiro atoms. The maximum atomic E-state index is 12.8. The van der Waals surface area contributed by atoms with Crippen LogP contribution in [-0.2, 0) is 16.4 Å². The number of oxazole rings is 1. The van der Waals surface area contributed by atoms with Gasteiger partial charge < -0.3 is 9.32 Å². The lowest BCUT2D eigenvalue weighted by atomic mass is 10.2. The monoisotopic (exact) mass is 393 g/mol. The number of nitrogens with one attached hydrogen (secondary N) is 1. The molecule has 0 amide bonds. The maximum absolute atomic E-state index is 12.8. The van der Waals surface area contributed by atoms with E-state index < -0.39 is 15.8 Å². The molecule has 1 aliphatic heterocycles. The number of aryl methyl sites for hydroxylation is 1. The van der Waals surface area contributed by atoms with E-state index in [1.807, 2.05) is 25.1 Å². The Bertz CT molecular complexity index is 1090. The number of sulfonamides is 1. The molecule has 1 aliphatic rings. The highest BCUT2D eigenvalue weighted by Crippen LogP contribution is 2.27. The van der Waals surface area contributed by atoms with Gasteiger partial charge in [0.15, 0.2) is 5.58 Å². The Hall–Kier alpha value is -2.10. The number of rotatable bonds is 4. The molecule has 3 heterocycles. The van der Waals surface area contributed by atoms with Gasteiger partial charge in [0.05, 0.1) is 5.52 Å². The smallest absolute Gasteiger partial charge is 0.408 e. The standard InChI is InChI=1S/C17H19N3O4S2/c1-2-13-4-6-16(25-13)26(22,23)20-9-7-19(8-10-20)12-3-5-15-14(11-12)18-17(21)24-15/h3-6,11H,2,7-10H2,1H3,(H,18,21). The molecule has 0 bridgehead atoms. The van der Waals surface area contributed by atoms with Crippen LogP contribution in [-0.4, -0.2) is 43.9 Å². The van der Waals surface area contributed by atoms with Crippen LogP contribution in [0, 0.1) is 0 Å². The first-order valence-corrected chi connectivity index (χ1v) is 10.7. The fourth-order valence-corrected chi connectivity index (χ4v) is 6.01. The lowest BCUT2D eigenvalue weighted by Gasteiger charge is -2.35. The van der Waals surface area contributed by atoms with Crippen LogP contribution < -0.4 is 10.7 Å². The van der Waals surface area contributed by atoms with Gasteiger partial charge >= 0.3 is 5.76 Å². The van der Waals surface area contributed by atoms with E-state index in [0.717, 1.165) is 17.0 Å². The van der Waals surface area contributed by atoms with Gasteiger partial charge in [-0.05, 0) is 36.8 Å². The van der Waals surface area contributed by atoms with Crippen LogP contribution in [0.3, 0.4) is 0 Å². The van der Waals surface area contributed by atoms with Crippen LogP contribution in [0.4, 0.5) is 5.69 Å². The van der Waals surface area contributed by atoms with E-state index in [1.54, 1.807) is 16.4 Å². The first-order valence-electron chi connectivity index (χ1n) is 8.44. The number of hydrogen-bond donors (Lipinski definition) is 1. The molecule has 4 rings (SSSR count). The molecule has 1 saturated heterocycles. The Labute approximate surface area is 154 Å². The number of anilines is 1. The molecule has 2 aromatic heterocycles. The van der Waals surface area contributed by atoms with Gasteiger partial charge in [0.25, 0.3) is 10.0 Å². The van der Waals surface area contributed by atoms with Crippen molar-refractivity contribution in [1.29, 1.82) is 0 Å². The predicted octanol–water partition coefficient (Wildman–Crippen LogP) is 2.26. The summed E-state index contributed by atoms with van der Waals surface area (Å²) >= 11 is 1.35. The Morgan fingerprint density at radius 1 is 1.15 bits per heavy atom. The van der Waals surface area contributed by atoms with Crippen LogP contribution in [0.1, 0.15) is 11.8 Å². The largest absolute Gasteiger partial charge is 0.417 e. The van der Waals surface area contributed by atoms with E-state index in [1.165, 1.54) is 11.3 Å². The van der Waals surface area contributed by atoms with Crippen molar-refractivity contribution in [3.8, 4) is 0 Å². The number of hydrogen-bond acceptors (Lipinski definition) is 6. The van der Waals surface area contributed by atoms with Gasteiger partial charge in [0.1, 0.15) is 4.21 Å². The van der Waals surface area contributed by atoms with Gasteiger partial charge in [0, 0.05) is 36.7 Å². The van der Waals surface area contributed by atoms with E-state index in [4.69, 9.17) is 4.42 Å². The highest BCUT2D eigenvalue weighted by atomic mass is 32.2. The lowest BCUT2D eigenvalue weighted by molar-refractivity contribution is 0.386. The molecule has 0 aliphatic carbocycles. The van der Waals surface area contributed by atoms with E-state index in [9.17, 15) is 13.2 Å². The normalized spacial score (nSPS) is 16.4. The molecule has 138 valence electrons. The molecule has 0 radical (unpaired) electrons. The molecule has 0 atom stereocenters. The summed E-state index contributed by atoms with van der Waals surface area (Å²) in [5, 5.41) is 0. The molecular formula is C17H19N3O4S2. The minimum absolute atomic E-state index is 0.417. The Morgan fingerprint density at radius 2 is 1.92 bits per heavy atom. The Kier molecular flexibility index (Phi) is 4.37. The minimum Gasteiger partial charge on any atom is -0.408 e. The van der Waals surface area contributed by atoms with Crippen molar-refractivity contribution in [1.82, 2.24) is 9.29 Å². The first-order chi connectivity index (χ1) is 12.5. The summed E-state index contributed by atoms with van der Waals surface area (Å²) in [4.78, 5) is 17.1. The molecule has 1 aromatic carbocycles. The third kappa shape index (κ3) is 3.06. The van der Waals surface area contributed by atoms with Crippen LogP contribution in [0.5, 0.6) is 0 Å². The molecule has 3 aromatic rings. The van der Waals surface area contributed by atoms with Crippen LogP contribution in [0.2, 0.25) is 0 Å². The Morgan fingerprint density at radius 3 is 2.62 bits per heavy atom. The van der Waals surface area contributed by atoms with Gasteiger partial charge in [-0.3, -0.25) is 4.98 Å². The fraction of sp³-hybridized carbons (Fsp3) is 0.353. The minimum atomic E-state index is -3.43. The van der Waals surface area contributed by atoms with Crippen molar-refractivity contribution < 1.29 is 12.8 Å². The third-order valence-electron chi connectivity index (χ3n) is 4.59. The van der Waals surface area contributed by atoms with Crippen molar-refractivity contribution in [2.24, 2.45) is 0 Å². The molecule has 1 fully saturated rings. The summed E-state index contributed by atoms with van der Waals surface area (Å²) in [6.07, 6.45) is 0.840. The second-order valence-corrected chi connectivity index (χ2v) is 9.49. The number of piperazine rings is 1. The van der Waals surface area contributed by atoms with Crippen molar-refractivity contribution in [2.45, 2.75) is 17.6 Å². The molecule has 1 N–H and O–H groups in total. The lowest BCUT2D eigenvalue weighted by Crippen LogP contribution is -2.48. The zero-order valence-corrected chi connectivity index (χ0v) is 15.9. The molecule has 0 saturated carbocycles. The number of aromatic amines is 1. The maximum Gasteiger partial charge on any atom is 0.417 e. The van der Waals surface area contributed by atoms with Crippen molar-refractivity contribution in [2.75, 3.05) is 31.1 Å². The number of fused-ring (bicyclic) bond motifs is 1. The molecule has 9 heteroatoms. The van der Waals surface area contributed by atoms with Gasteiger partial charge in [-0.25, -0.2) is 13.2 Å². The molecule has 7 nitrogen and oxygen atoms in total. The van der Waals surface area contributed by atoms with Gasteiger partial charge in [0.2, 0.25) is 0 Å². The van der Waals surface area contributed by atoms with Crippen LogP contribution in [0.15, 0.2) is 43.8 Å². The zero-order chi connectivity index (χ0) is 18.3. The number of nitrogens with zero attached hydrogens (tertiary/aromatic N) is 2. The molecule has 26 heavy (non-hydrogen) atoms. The highest BCUT2D eigenvalue weighted by molar-refractivity contribution is 7.91. The van der Waals surface area contributed by atoms with Gasteiger partial charge in [-0.15, -0.1) is 11.3 Å². The highest BCUT2D eigenvalue weighted by Gasteiger charge is 2.29. The second kappa shape index (κ2) is 6.57. The zero-order valence-electron chi connectivity index (χ0n) is 14.3. The predicted molar refractivity (Wildman–Crippen MR) is 102 cm³/mol. The summed E-state index contributed by atoms with van der Waals surface area (Å²) in [5.74, 6) is -0.476. The van der Waals surface area contributed by atoms with Gasteiger partial charge in [-0.1, -0.05) is 6.92 Å². The quantitative estimate of drug-likeness (QED) is 0.735. The summed E-state index contributed by atoms with van der Waals surface area (Å²) in [6, 6.07) is 9.08. The number of aromatic nitrogens is 1. The molecular weight excluding hydrogens is 374 g/mol. The fourth-order valence-electron chi connectivity index (χ4n) is 3.14. The summed E-state index contributed by atoms with van der Waals surface area (Å²) in [6.45, 7) is 4.08. The number of benzene rings is 1. The van der Waals surface area contributed by atoms with Crippen molar-refractivity contribution in [3.05, 3.63) is 45.8 Å². The summed E-state index contributed by atoms with van der Waals surface area (Å²) < 4.78 is 32.6. The van der Waals surface area contributed by atoms with E-state index >= 15 is 0 Å².